The van der Waals surface area contributed by atoms with E-state index in [4.69, 9.17) is 11.5 Å². The average molecular weight is 333 g/mol. The zero-order valence-electron chi connectivity index (χ0n) is 13.2. The fourth-order valence-corrected chi connectivity index (χ4v) is 3.96. The van der Waals surface area contributed by atoms with E-state index in [1.165, 1.54) is 0 Å². The molecule has 0 spiro atoms. The van der Waals surface area contributed by atoms with Gasteiger partial charge >= 0.3 is 0 Å². The summed E-state index contributed by atoms with van der Waals surface area (Å²) < 4.78 is 0. The van der Waals surface area contributed by atoms with E-state index in [2.05, 4.69) is 22.0 Å². The van der Waals surface area contributed by atoms with Crippen LogP contribution in [0.2, 0.25) is 0 Å². The summed E-state index contributed by atoms with van der Waals surface area (Å²) >= 11 is 0. The molecule has 0 unspecified atom stereocenters. The van der Waals surface area contributed by atoms with Gasteiger partial charge in [0.15, 0.2) is 5.78 Å². The van der Waals surface area contributed by atoms with E-state index >= 15 is 0 Å². The van der Waals surface area contributed by atoms with Gasteiger partial charge in [0.25, 0.3) is 0 Å². The van der Waals surface area contributed by atoms with Crippen molar-refractivity contribution >= 4 is 42.7 Å². The molecule has 4 nitrogen and oxygen atoms in total. The third-order valence-corrected chi connectivity index (χ3v) is 5.45. The van der Waals surface area contributed by atoms with Crippen LogP contribution in [0, 0.1) is 0 Å². The molecule has 0 aromatic heterocycles. The molecule has 118 valence electrons. The SMILES string of the molecule is C=C1c2ccccc2C(=O)c2c(N)c3c(c(N)c21)C(=P)N(C)C3=C. The maximum atomic E-state index is 13.1. The highest BCUT2D eigenvalue weighted by atomic mass is 31.0. The minimum atomic E-state index is -0.127. The first-order valence-corrected chi connectivity index (χ1v) is 7.96. The Hall–Kier alpha value is -2.84. The first kappa shape index (κ1) is 14.7. The zero-order valence-corrected chi connectivity index (χ0v) is 14.2. The highest BCUT2D eigenvalue weighted by Gasteiger charge is 2.37. The van der Waals surface area contributed by atoms with E-state index in [1.807, 2.05) is 30.1 Å². The Morgan fingerprint density at radius 2 is 1.54 bits per heavy atom. The third kappa shape index (κ3) is 1.53. The average Bonchev–Trinajstić information content (AvgIpc) is 2.80. The van der Waals surface area contributed by atoms with Gasteiger partial charge in [-0.1, -0.05) is 46.3 Å². The minimum absolute atomic E-state index is 0.127. The van der Waals surface area contributed by atoms with Crippen molar-refractivity contribution in [2.24, 2.45) is 0 Å². The lowest BCUT2D eigenvalue weighted by Crippen LogP contribution is -2.20. The standard InChI is InChI=1S/C19H16N3OP/c1-8-10-6-4-5-7-11(10)18(23)14-12(8)16(20)15-13(17(14)21)9(2)22(3)19(15)24/h4-7,24H,1-2,20-21H2,3H3. The van der Waals surface area contributed by atoms with Crippen LogP contribution in [-0.2, 0) is 0 Å². The lowest BCUT2D eigenvalue weighted by atomic mass is 9.78. The molecule has 2 aromatic carbocycles. The Morgan fingerprint density at radius 3 is 2.21 bits per heavy atom. The van der Waals surface area contributed by atoms with Crippen molar-refractivity contribution in [3.05, 3.63) is 70.8 Å². The minimum Gasteiger partial charge on any atom is -0.398 e. The molecule has 0 saturated heterocycles. The topological polar surface area (TPSA) is 72.3 Å². The highest BCUT2D eigenvalue weighted by Crippen LogP contribution is 2.48. The van der Waals surface area contributed by atoms with Crippen molar-refractivity contribution in [2.45, 2.75) is 0 Å². The number of carbonyl (C=O) groups is 1. The molecule has 1 heterocycles. The zero-order chi connectivity index (χ0) is 17.3. The van der Waals surface area contributed by atoms with Gasteiger partial charge in [-0.05, 0) is 11.1 Å². The van der Waals surface area contributed by atoms with Gasteiger partial charge in [-0.3, -0.25) is 4.79 Å². The van der Waals surface area contributed by atoms with E-state index in [-0.39, 0.29) is 5.78 Å². The number of ketones is 1. The van der Waals surface area contributed by atoms with Gasteiger partial charge in [-0.2, -0.15) is 0 Å². The number of nitrogens with zero attached hydrogens (tertiary/aromatic N) is 1. The van der Waals surface area contributed by atoms with Gasteiger partial charge in [0.2, 0.25) is 0 Å². The van der Waals surface area contributed by atoms with Crippen molar-refractivity contribution in [3.63, 3.8) is 0 Å². The van der Waals surface area contributed by atoms with Crippen LogP contribution in [-0.4, -0.2) is 23.1 Å². The van der Waals surface area contributed by atoms with Crippen LogP contribution in [0.5, 0.6) is 0 Å². The van der Waals surface area contributed by atoms with Gasteiger partial charge in [0.1, 0.15) is 0 Å². The summed E-state index contributed by atoms with van der Waals surface area (Å²) in [5.41, 5.74) is 19.9. The van der Waals surface area contributed by atoms with Crippen LogP contribution < -0.4 is 11.5 Å². The number of hydrogen-bond acceptors (Lipinski definition) is 3. The Morgan fingerprint density at radius 1 is 0.958 bits per heavy atom. The van der Waals surface area contributed by atoms with Crippen LogP contribution in [0.4, 0.5) is 11.4 Å². The second kappa shape index (κ2) is 4.59. The van der Waals surface area contributed by atoms with Gasteiger partial charge < -0.3 is 16.4 Å². The van der Waals surface area contributed by atoms with Crippen molar-refractivity contribution in [1.29, 1.82) is 0 Å². The molecule has 0 bridgehead atoms. The van der Waals surface area contributed by atoms with Crippen LogP contribution in [0.3, 0.4) is 0 Å². The van der Waals surface area contributed by atoms with E-state index in [9.17, 15) is 4.79 Å². The maximum Gasteiger partial charge on any atom is 0.196 e. The van der Waals surface area contributed by atoms with Crippen molar-refractivity contribution in [3.8, 4) is 0 Å². The number of nitrogens with two attached hydrogens (primary N) is 2. The first-order valence-electron chi connectivity index (χ1n) is 7.46. The second-order valence-electron chi connectivity index (χ2n) is 6.03. The molecule has 24 heavy (non-hydrogen) atoms. The van der Waals surface area contributed by atoms with Crippen LogP contribution in [0.15, 0.2) is 37.4 Å². The molecular weight excluding hydrogens is 317 g/mol. The fourth-order valence-electron chi connectivity index (χ4n) is 3.57. The van der Waals surface area contributed by atoms with E-state index in [0.717, 1.165) is 16.5 Å². The normalized spacial score (nSPS) is 15.5. The van der Waals surface area contributed by atoms with Crippen molar-refractivity contribution < 1.29 is 4.79 Å². The summed E-state index contributed by atoms with van der Waals surface area (Å²) in [5, 5.41) is 0. The molecule has 0 atom stereocenters. The predicted octanol–water partition coefficient (Wildman–Crippen LogP) is 2.99. The van der Waals surface area contributed by atoms with E-state index < -0.39 is 0 Å². The van der Waals surface area contributed by atoms with Crippen molar-refractivity contribution in [2.75, 3.05) is 18.5 Å². The molecule has 0 saturated carbocycles. The number of nitrogen functional groups attached to an aromatic ring is 2. The van der Waals surface area contributed by atoms with Gasteiger partial charge in [-0.25, -0.2) is 0 Å². The van der Waals surface area contributed by atoms with Crippen LogP contribution >= 0.6 is 8.86 Å². The lowest BCUT2D eigenvalue weighted by molar-refractivity contribution is 0.103. The monoisotopic (exact) mass is 333 g/mol. The molecule has 2 aromatic rings. The molecule has 0 radical (unpaired) electrons. The number of benzene rings is 2. The Labute approximate surface area is 142 Å². The molecule has 1 aliphatic carbocycles. The molecular formula is C19H16N3OP. The molecule has 4 N–H and O–H groups in total. The van der Waals surface area contributed by atoms with E-state index in [0.29, 0.717) is 44.9 Å². The molecule has 1 aliphatic heterocycles. The van der Waals surface area contributed by atoms with E-state index in [1.54, 1.807) is 6.07 Å². The molecule has 5 heteroatoms. The first-order chi connectivity index (χ1) is 11.4. The summed E-state index contributed by atoms with van der Waals surface area (Å²) in [7, 11) is 5.48. The van der Waals surface area contributed by atoms with Crippen molar-refractivity contribution in [1.82, 2.24) is 4.90 Å². The molecule has 4 rings (SSSR count). The predicted molar refractivity (Wildman–Crippen MR) is 102 cm³/mol. The summed E-state index contributed by atoms with van der Waals surface area (Å²) in [6.07, 6.45) is 0. The largest absolute Gasteiger partial charge is 0.398 e. The highest BCUT2D eigenvalue weighted by molar-refractivity contribution is 7.22. The smallest absolute Gasteiger partial charge is 0.196 e. The lowest BCUT2D eigenvalue weighted by Gasteiger charge is -2.25. The Kier molecular flexibility index (Phi) is 2.82. The van der Waals surface area contributed by atoms with Gasteiger partial charge in [0, 0.05) is 35.0 Å². The second-order valence-corrected chi connectivity index (χ2v) is 6.51. The number of rotatable bonds is 0. The van der Waals surface area contributed by atoms with Crippen LogP contribution in [0.1, 0.15) is 38.2 Å². The third-order valence-electron chi connectivity index (χ3n) is 4.87. The maximum absolute atomic E-state index is 13.1. The van der Waals surface area contributed by atoms with Gasteiger partial charge in [-0.15, -0.1) is 0 Å². The van der Waals surface area contributed by atoms with Gasteiger partial charge in [0.05, 0.1) is 22.4 Å². The molecule has 0 amide bonds. The quantitative estimate of drug-likeness (QED) is 0.377. The number of fused-ring (bicyclic) bond motifs is 3. The number of carbonyl (C=O) groups excluding carboxylic acids is 1. The number of hydrogen-bond donors (Lipinski definition) is 2. The summed E-state index contributed by atoms with van der Waals surface area (Å²) in [5.74, 6) is -0.127. The summed E-state index contributed by atoms with van der Waals surface area (Å²) in [4.78, 5) is 14.9. The number of anilines is 2. The Balaban J connectivity index is 2.15. The molecule has 0 fully saturated rings. The van der Waals surface area contributed by atoms with Crippen LogP contribution in [0.25, 0.3) is 11.3 Å². The summed E-state index contributed by atoms with van der Waals surface area (Å²) in [6.45, 7) is 8.24. The Bertz CT molecular complexity index is 940. The summed E-state index contributed by atoms with van der Waals surface area (Å²) in [6, 6.07) is 7.38. The fraction of sp³-hybridized carbons (Fsp3) is 0.0526. The molecule has 2 aliphatic rings.